The second-order valence-corrected chi connectivity index (χ2v) is 9.16. The Balaban J connectivity index is 1.86. The van der Waals surface area contributed by atoms with Crippen LogP contribution in [0.15, 0.2) is 77.7 Å². The molecule has 3 aromatic rings. The van der Waals surface area contributed by atoms with Crippen LogP contribution >= 0.6 is 11.6 Å². The van der Waals surface area contributed by atoms with Crippen LogP contribution in [0.4, 0.5) is 5.69 Å². The maximum Gasteiger partial charge on any atom is 0.257 e. The average molecular weight is 429 g/mol. The lowest BCUT2D eigenvalue weighted by Crippen LogP contribution is -2.27. The van der Waals surface area contributed by atoms with E-state index in [2.05, 4.69) is 5.32 Å². The molecule has 0 aliphatic rings. The molecule has 150 valence electrons. The first kappa shape index (κ1) is 21.0. The molecule has 3 rings (SSSR count). The van der Waals surface area contributed by atoms with Gasteiger partial charge >= 0.3 is 0 Å². The number of nitrogens with one attached hydrogen (secondary N) is 1. The van der Waals surface area contributed by atoms with Gasteiger partial charge in [0.15, 0.2) is 0 Å². The van der Waals surface area contributed by atoms with Crippen molar-refractivity contribution >= 4 is 33.2 Å². The summed E-state index contributed by atoms with van der Waals surface area (Å²) in [5, 5.41) is 2.94. The number of halogens is 1. The van der Waals surface area contributed by atoms with E-state index in [1.54, 1.807) is 6.07 Å². The Hall–Kier alpha value is -2.67. The van der Waals surface area contributed by atoms with Crippen molar-refractivity contribution in [2.75, 3.05) is 12.4 Å². The Labute approximate surface area is 176 Å². The van der Waals surface area contributed by atoms with E-state index < -0.39 is 15.9 Å². The summed E-state index contributed by atoms with van der Waals surface area (Å²) in [7, 11) is -2.29. The topological polar surface area (TPSA) is 66.5 Å². The first-order valence-electron chi connectivity index (χ1n) is 8.95. The van der Waals surface area contributed by atoms with Gasteiger partial charge in [0, 0.05) is 19.3 Å². The van der Waals surface area contributed by atoms with Crippen LogP contribution in [0.3, 0.4) is 0 Å². The molecule has 0 heterocycles. The zero-order chi connectivity index (χ0) is 21.0. The fourth-order valence-corrected chi connectivity index (χ4v) is 4.25. The van der Waals surface area contributed by atoms with Gasteiger partial charge in [0.25, 0.3) is 5.91 Å². The Morgan fingerprint density at radius 3 is 2.41 bits per heavy atom. The molecule has 5 nitrogen and oxygen atoms in total. The Morgan fingerprint density at radius 1 is 1.00 bits per heavy atom. The number of amides is 1. The molecule has 1 amide bonds. The fourth-order valence-electron chi connectivity index (χ4n) is 2.87. The van der Waals surface area contributed by atoms with Crippen LogP contribution in [0.5, 0.6) is 0 Å². The molecule has 0 bridgehead atoms. The van der Waals surface area contributed by atoms with Crippen molar-refractivity contribution in [1.29, 1.82) is 0 Å². The highest BCUT2D eigenvalue weighted by Crippen LogP contribution is 2.24. The number of benzene rings is 3. The predicted molar refractivity (Wildman–Crippen MR) is 116 cm³/mol. The minimum Gasteiger partial charge on any atom is -0.322 e. The van der Waals surface area contributed by atoms with Gasteiger partial charge in [-0.1, -0.05) is 54.1 Å². The summed E-state index contributed by atoms with van der Waals surface area (Å²) in [6.45, 7) is 2.13. The smallest absolute Gasteiger partial charge is 0.257 e. The number of carbonyl (C=O) groups is 1. The normalized spacial score (nSPS) is 11.4. The van der Waals surface area contributed by atoms with Crippen molar-refractivity contribution in [3.05, 3.63) is 94.5 Å². The quantitative estimate of drug-likeness (QED) is 0.617. The Bertz CT molecular complexity index is 1130. The number of aryl methyl sites for hydroxylation is 1. The van der Waals surface area contributed by atoms with Gasteiger partial charge in [-0.2, -0.15) is 4.31 Å². The molecule has 0 spiro atoms. The van der Waals surface area contributed by atoms with Crippen LogP contribution in [0.25, 0.3) is 0 Å². The third-order valence-corrected chi connectivity index (χ3v) is 6.54. The van der Waals surface area contributed by atoms with Crippen molar-refractivity contribution in [3.63, 3.8) is 0 Å². The fraction of sp³-hybridized carbons (Fsp3) is 0.136. The average Bonchev–Trinajstić information content (AvgIpc) is 2.68. The maximum absolute atomic E-state index is 13.0. The van der Waals surface area contributed by atoms with Crippen molar-refractivity contribution < 1.29 is 13.2 Å². The van der Waals surface area contributed by atoms with Gasteiger partial charge in [0.05, 0.1) is 15.5 Å². The number of hydrogen-bond acceptors (Lipinski definition) is 3. The van der Waals surface area contributed by atoms with E-state index in [0.717, 1.165) is 11.1 Å². The molecular formula is C22H21ClN2O3S. The van der Waals surface area contributed by atoms with E-state index in [1.807, 2.05) is 55.5 Å². The molecule has 0 fully saturated rings. The van der Waals surface area contributed by atoms with Crippen molar-refractivity contribution in [2.45, 2.75) is 18.4 Å². The van der Waals surface area contributed by atoms with Crippen LogP contribution in [0.2, 0.25) is 5.02 Å². The molecule has 7 heteroatoms. The van der Waals surface area contributed by atoms with E-state index in [1.165, 1.54) is 29.6 Å². The van der Waals surface area contributed by atoms with Crippen molar-refractivity contribution in [3.8, 4) is 0 Å². The predicted octanol–water partition coefficient (Wildman–Crippen LogP) is 4.72. The highest BCUT2D eigenvalue weighted by Gasteiger charge is 2.23. The highest BCUT2D eigenvalue weighted by atomic mass is 35.5. The summed E-state index contributed by atoms with van der Waals surface area (Å²) >= 11 is 6.18. The lowest BCUT2D eigenvalue weighted by Gasteiger charge is -2.18. The number of rotatable bonds is 6. The first-order chi connectivity index (χ1) is 13.8. The standard InChI is InChI=1S/C22H21ClN2O3S/c1-16-7-6-10-18(13-16)24-22(26)20-14-19(11-12-21(20)23)29(27,28)25(2)15-17-8-4-3-5-9-17/h3-14H,15H2,1-2H3,(H,24,26). The van der Waals surface area contributed by atoms with Crippen LogP contribution in [-0.4, -0.2) is 25.7 Å². The molecular weight excluding hydrogens is 408 g/mol. The second-order valence-electron chi connectivity index (χ2n) is 6.71. The SMILES string of the molecule is Cc1cccc(NC(=O)c2cc(S(=O)(=O)N(C)Cc3ccccc3)ccc2Cl)c1. The van der Waals surface area contributed by atoms with Gasteiger partial charge in [-0.3, -0.25) is 4.79 Å². The molecule has 0 atom stereocenters. The van der Waals surface area contributed by atoms with Crippen LogP contribution in [-0.2, 0) is 16.6 Å². The minimum atomic E-state index is -3.79. The summed E-state index contributed by atoms with van der Waals surface area (Å²) in [4.78, 5) is 12.7. The zero-order valence-electron chi connectivity index (χ0n) is 16.1. The molecule has 0 aromatic heterocycles. The first-order valence-corrected chi connectivity index (χ1v) is 10.8. The lowest BCUT2D eigenvalue weighted by molar-refractivity contribution is 0.102. The van der Waals surface area contributed by atoms with Crippen LogP contribution in [0.1, 0.15) is 21.5 Å². The van der Waals surface area contributed by atoms with Gasteiger partial charge in [0.2, 0.25) is 10.0 Å². The number of nitrogens with zero attached hydrogens (tertiary/aromatic N) is 1. The summed E-state index contributed by atoms with van der Waals surface area (Å²) in [5.74, 6) is -0.469. The largest absolute Gasteiger partial charge is 0.322 e. The van der Waals surface area contributed by atoms with Gasteiger partial charge in [0.1, 0.15) is 0 Å². The molecule has 3 aromatic carbocycles. The zero-order valence-corrected chi connectivity index (χ0v) is 17.7. The van der Waals surface area contributed by atoms with E-state index in [9.17, 15) is 13.2 Å². The second kappa shape index (κ2) is 8.78. The third-order valence-electron chi connectivity index (χ3n) is 4.41. The van der Waals surface area contributed by atoms with E-state index in [0.29, 0.717) is 5.69 Å². The van der Waals surface area contributed by atoms with Crippen molar-refractivity contribution in [2.24, 2.45) is 0 Å². The number of anilines is 1. The molecule has 0 saturated heterocycles. The summed E-state index contributed by atoms with van der Waals surface area (Å²) in [6.07, 6.45) is 0. The van der Waals surface area contributed by atoms with E-state index >= 15 is 0 Å². The number of hydrogen-bond donors (Lipinski definition) is 1. The molecule has 0 unspecified atom stereocenters. The van der Waals surface area contributed by atoms with Gasteiger partial charge in [-0.15, -0.1) is 0 Å². The highest BCUT2D eigenvalue weighted by molar-refractivity contribution is 7.89. The van der Waals surface area contributed by atoms with Crippen LogP contribution in [0, 0.1) is 6.92 Å². The molecule has 0 saturated carbocycles. The summed E-state index contributed by atoms with van der Waals surface area (Å²) < 4.78 is 27.2. The van der Waals surface area contributed by atoms with Gasteiger partial charge in [-0.25, -0.2) is 8.42 Å². The van der Waals surface area contributed by atoms with E-state index in [-0.39, 0.29) is 22.0 Å². The lowest BCUT2D eigenvalue weighted by atomic mass is 10.2. The molecule has 29 heavy (non-hydrogen) atoms. The van der Waals surface area contributed by atoms with Crippen LogP contribution < -0.4 is 5.32 Å². The van der Waals surface area contributed by atoms with Gasteiger partial charge < -0.3 is 5.32 Å². The molecule has 0 aliphatic carbocycles. The number of carbonyl (C=O) groups excluding carboxylic acids is 1. The summed E-state index contributed by atoms with van der Waals surface area (Å²) in [5.41, 5.74) is 2.57. The molecule has 1 N–H and O–H groups in total. The third kappa shape index (κ3) is 5.03. The summed E-state index contributed by atoms with van der Waals surface area (Å²) in [6, 6.07) is 20.7. The maximum atomic E-state index is 13.0. The van der Waals surface area contributed by atoms with Crippen molar-refractivity contribution in [1.82, 2.24) is 4.31 Å². The Kier molecular flexibility index (Phi) is 6.37. The van der Waals surface area contributed by atoms with E-state index in [4.69, 9.17) is 11.6 Å². The monoisotopic (exact) mass is 428 g/mol. The number of sulfonamides is 1. The molecule has 0 radical (unpaired) electrons. The Morgan fingerprint density at radius 2 is 1.72 bits per heavy atom. The van der Waals surface area contributed by atoms with Gasteiger partial charge in [-0.05, 0) is 48.4 Å². The molecule has 0 aliphatic heterocycles. The minimum absolute atomic E-state index is 0.00900.